The first-order chi connectivity index (χ1) is 13.6. The summed E-state index contributed by atoms with van der Waals surface area (Å²) in [6, 6.07) is 7.44. The first-order valence-corrected chi connectivity index (χ1v) is 10.1. The molecule has 2 aromatic rings. The van der Waals surface area contributed by atoms with E-state index in [1.54, 1.807) is 6.20 Å². The van der Waals surface area contributed by atoms with Gasteiger partial charge in [0.2, 0.25) is 0 Å². The number of nitrogens with zero attached hydrogens (tertiary/aromatic N) is 3. The molecule has 7 nitrogen and oxygen atoms in total. The number of aliphatic hydroxyl groups is 1. The summed E-state index contributed by atoms with van der Waals surface area (Å²) in [6.45, 7) is 0. The maximum absolute atomic E-state index is 13.2. The Morgan fingerprint density at radius 1 is 1.36 bits per heavy atom. The third-order valence-corrected chi connectivity index (χ3v) is 6.65. The van der Waals surface area contributed by atoms with Gasteiger partial charge in [-0.1, -0.05) is 6.07 Å². The molecule has 2 atom stereocenters. The number of carbonyl (C=O) groups is 1. The molecule has 4 rings (SSSR count). The third-order valence-electron chi connectivity index (χ3n) is 5.67. The van der Waals surface area contributed by atoms with Crippen LogP contribution in [0.2, 0.25) is 0 Å². The molecule has 2 fully saturated rings. The Hall–Kier alpha value is -2.71. The predicted molar refractivity (Wildman–Crippen MR) is 110 cm³/mol. The molecule has 4 heterocycles. The molecule has 0 radical (unpaired) electrons. The number of rotatable bonds is 4. The molecule has 0 saturated carbocycles. The summed E-state index contributed by atoms with van der Waals surface area (Å²) < 4.78 is 0. The van der Waals surface area contributed by atoms with Gasteiger partial charge < -0.3 is 21.6 Å². The lowest BCUT2D eigenvalue weighted by Crippen LogP contribution is -2.52. The lowest BCUT2D eigenvalue weighted by molar-refractivity contribution is -0.0507. The molecule has 1 amide bonds. The minimum Gasteiger partial charge on any atom is -0.404 e. The Morgan fingerprint density at radius 3 is 2.71 bits per heavy atom. The number of hydrogen-bond acceptors (Lipinski definition) is 7. The Labute approximate surface area is 167 Å². The number of hydrazone groups is 1. The van der Waals surface area contributed by atoms with Gasteiger partial charge in [-0.2, -0.15) is 5.10 Å². The van der Waals surface area contributed by atoms with Gasteiger partial charge in [-0.25, -0.2) is 0 Å². The van der Waals surface area contributed by atoms with E-state index in [1.807, 2.05) is 34.5 Å². The van der Waals surface area contributed by atoms with Crippen molar-refractivity contribution in [3.05, 3.63) is 58.2 Å². The van der Waals surface area contributed by atoms with E-state index in [0.717, 1.165) is 17.7 Å². The van der Waals surface area contributed by atoms with E-state index in [2.05, 4.69) is 10.1 Å². The fraction of sp³-hybridized carbons (Fsp3) is 0.350. The van der Waals surface area contributed by atoms with E-state index in [-0.39, 0.29) is 18.0 Å². The summed E-state index contributed by atoms with van der Waals surface area (Å²) in [5.74, 6) is 5.22. The zero-order valence-electron chi connectivity index (χ0n) is 15.4. The molecular formula is C20H23N5O2S. The van der Waals surface area contributed by atoms with E-state index in [9.17, 15) is 9.90 Å². The van der Waals surface area contributed by atoms with Crippen LogP contribution < -0.4 is 11.6 Å². The first-order valence-electron chi connectivity index (χ1n) is 9.26. The van der Waals surface area contributed by atoms with Gasteiger partial charge in [0.1, 0.15) is 5.60 Å². The normalized spacial score (nSPS) is 27.5. The van der Waals surface area contributed by atoms with Crippen LogP contribution in [0, 0.1) is 0 Å². The molecule has 0 aromatic carbocycles. The SMILES string of the molecule is NC=C(C=NN)c1cc(C(=O)N2C3CCC2CC(O)(c2ccccn2)C3)cs1. The van der Waals surface area contributed by atoms with E-state index >= 15 is 0 Å². The fourth-order valence-electron chi connectivity index (χ4n) is 4.42. The van der Waals surface area contributed by atoms with Crippen LogP contribution in [0.5, 0.6) is 0 Å². The highest BCUT2D eigenvalue weighted by atomic mass is 32.1. The zero-order chi connectivity index (χ0) is 19.7. The quantitative estimate of drug-likeness (QED) is 0.414. The summed E-state index contributed by atoms with van der Waals surface area (Å²) in [6.07, 6.45) is 7.42. The van der Waals surface area contributed by atoms with Crippen LogP contribution in [0.3, 0.4) is 0 Å². The number of thiophene rings is 1. The number of fused-ring (bicyclic) bond motifs is 2. The van der Waals surface area contributed by atoms with E-state index in [1.165, 1.54) is 23.8 Å². The lowest BCUT2D eigenvalue weighted by Gasteiger charge is -2.43. The number of aromatic nitrogens is 1. The van der Waals surface area contributed by atoms with Gasteiger partial charge in [-0.05, 0) is 31.0 Å². The monoisotopic (exact) mass is 397 g/mol. The van der Waals surface area contributed by atoms with Crippen molar-refractivity contribution in [3.8, 4) is 0 Å². The maximum atomic E-state index is 13.2. The second kappa shape index (κ2) is 7.37. The molecule has 0 aliphatic carbocycles. The maximum Gasteiger partial charge on any atom is 0.255 e. The number of allylic oxidation sites excluding steroid dienone is 1. The van der Waals surface area contributed by atoms with Crippen molar-refractivity contribution in [2.45, 2.75) is 43.4 Å². The van der Waals surface area contributed by atoms with Crippen molar-refractivity contribution in [2.24, 2.45) is 16.7 Å². The highest BCUT2D eigenvalue weighted by Gasteiger charge is 2.50. The average molecular weight is 398 g/mol. The van der Waals surface area contributed by atoms with Gasteiger partial charge in [0.15, 0.2) is 0 Å². The molecule has 28 heavy (non-hydrogen) atoms. The van der Waals surface area contributed by atoms with Crippen LogP contribution in [-0.4, -0.2) is 39.2 Å². The minimum absolute atomic E-state index is 0.000806. The highest BCUT2D eigenvalue weighted by Crippen LogP contribution is 2.45. The second-order valence-electron chi connectivity index (χ2n) is 7.35. The van der Waals surface area contributed by atoms with Gasteiger partial charge in [0, 0.05) is 53.2 Å². The molecule has 2 bridgehead atoms. The number of carbonyl (C=O) groups excluding carboxylic acids is 1. The molecule has 2 aliphatic heterocycles. The number of piperidine rings is 1. The summed E-state index contributed by atoms with van der Waals surface area (Å²) in [7, 11) is 0. The molecule has 0 spiro atoms. The van der Waals surface area contributed by atoms with Gasteiger partial charge in [-0.15, -0.1) is 11.3 Å². The van der Waals surface area contributed by atoms with Crippen molar-refractivity contribution < 1.29 is 9.90 Å². The molecule has 2 saturated heterocycles. The topological polar surface area (TPSA) is 118 Å². The van der Waals surface area contributed by atoms with Crippen LogP contribution in [0.15, 0.2) is 47.1 Å². The predicted octanol–water partition coefficient (Wildman–Crippen LogP) is 2.04. The zero-order valence-corrected chi connectivity index (χ0v) is 16.2. The van der Waals surface area contributed by atoms with E-state index in [0.29, 0.717) is 29.7 Å². The smallest absolute Gasteiger partial charge is 0.255 e. The first kappa shape index (κ1) is 18.6. The molecule has 2 aromatic heterocycles. The van der Waals surface area contributed by atoms with Crippen LogP contribution in [0.4, 0.5) is 0 Å². The van der Waals surface area contributed by atoms with Gasteiger partial charge in [-0.3, -0.25) is 9.78 Å². The van der Waals surface area contributed by atoms with Gasteiger partial charge in [0.25, 0.3) is 5.91 Å². The number of nitrogens with two attached hydrogens (primary N) is 2. The number of amides is 1. The molecule has 146 valence electrons. The molecule has 2 aliphatic rings. The van der Waals surface area contributed by atoms with Crippen molar-refractivity contribution >= 4 is 29.0 Å². The highest BCUT2D eigenvalue weighted by molar-refractivity contribution is 7.11. The standard InChI is InChI=1S/C20H23N5O2S/c21-10-14(11-24-22)17-7-13(12-28-17)19(26)25-15-4-5-16(25)9-20(27,8-15)18-3-1-2-6-23-18/h1-3,6-7,10-12,15-16,27H,4-5,8-9,21-22H2. The molecule has 8 heteroatoms. The Bertz CT molecular complexity index is 910. The van der Waals surface area contributed by atoms with Crippen molar-refractivity contribution in [3.63, 3.8) is 0 Å². The molecular weight excluding hydrogens is 374 g/mol. The third kappa shape index (κ3) is 3.18. The molecule has 2 unspecified atom stereocenters. The minimum atomic E-state index is -0.975. The van der Waals surface area contributed by atoms with Gasteiger partial charge >= 0.3 is 0 Å². The summed E-state index contributed by atoms with van der Waals surface area (Å²) in [5.41, 5.74) is 6.65. The fourth-order valence-corrected chi connectivity index (χ4v) is 5.30. The second-order valence-corrected chi connectivity index (χ2v) is 8.26. The van der Waals surface area contributed by atoms with Crippen LogP contribution >= 0.6 is 11.3 Å². The summed E-state index contributed by atoms with van der Waals surface area (Å²) in [5, 5.41) is 16.6. The van der Waals surface area contributed by atoms with Crippen LogP contribution in [0.25, 0.3) is 5.57 Å². The summed E-state index contributed by atoms with van der Waals surface area (Å²) >= 11 is 1.43. The van der Waals surface area contributed by atoms with Crippen LogP contribution in [-0.2, 0) is 5.60 Å². The average Bonchev–Trinajstić information content (AvgIpc) is 3.30. The number of hydrogen-bond donors (Lipinski definition) is 3. The van der Waals surface area contributed by atoms with Crippen molar-refractivity contribution in [1.29, 1.82) is 0 Å². The van der Waals surface area contributed by atoms with Crippen LogP contribution in [0.1, 0.15) is 46.6 Å². The summed E-state index contributed by atoms with van der Waals surface area (Å²) in [4.78, 5) is 20.4. The lowest BCUT2D eigenvalue weighted by atomic mass is 9.83. The van der Waals surface area contributed by atoms with E-state index in [4.69, 9.17) is 11.6 Å². The number of pyridine rings is 1. The van der Waals surface area contributed by atoms with Gasteiger partial charge in [0.05, 0.1) is 17.5 Å². The van der Waals surface area contributed by atoms with Crippen molar-refractivity contribution in [1.82, 2.24) is 9.88 Å². The Balaban J connectivity index is 1.55. The molecule has 5 N–H and O–H groups in total. The largest absolute Gasteiger partial charge is 0.404 e. The Morgan fingerprint density at radius 2 is 2.11 bits per heavy atom. The van der Waals surface area contributed by atoms with E-state index < -0.39 is 5.60 Å². The Kier molecular flexibility index (Phi) is 4.91. The van der Waals surface area contributed by atoms with Crippen molar-refractivity contribution in [2.75, 3.05) is 0 Å².